The molecule has 1 unspecified atom stereocenters. The number of imide groups is 2. The number of piperidine rings is 1. The van der Waals surface area contributed by atoms with Gasteiger partial charge in [0.15, 0.2) is 0 Å². The Bertz CT molecular complexity index is 1130. The summed E-state index contributed by atoms with van der Waals surface area (Å²) in [4.78, 5) is 53.0. The van der Waals surface area contributed by atoms with E-state index in [1.54, 1.807) is 25.3 Å². The lowest BCUT2D eigenvalue weighted by molar-refractivity contribution is -0.136. The van der Waals surface area contributed by atoms with Gasteiger partial charge in [0.2, 0.25) is 11.8 Å². The quantitative estimate of drug-likeness (QED) is 0.666. The Labute approximate surface area is 185 Å². The van der Waals surface area contributed by atoms with Crippen LogP contribution in [0.2, 0.25) is 0 Å². The van der Waals surface area contributed by atoms with E-state index in [-0.39, 0.29) is 24.0 Å². The predicted octanol–water partition coefficient (Wildman–Crippen LogP) is 1.90. The summed E-state index contributed by atoms with van der Waals surface area (Å²) in [5.41, 5.74) is 2.55. The van der Waals surface area contributed by atoms with Crippen LogP contribution in [0.1, 0.15) is 39.1 Å². The highest BCUT2D eigenvalue weighted by molar-refractivity contribution is 6.25. The van der Waals surface area contributed by atoms with Gasteiger partial charge in [-0.3, -0.25) is 29.4 Å². The van der Waals surface area contributed by atoms with Gasteiger partial charge in [0.05, 0.1) is 29.6 Å². The second kappa shape index (κ2) is 8.43. The summed E-state index contributed by atoms with van der Waals surface area (Å²) in [6.07, 6.45) is 0.186. The van der Waals surface area contributed by atoms with E-state index in [1.807, 2.05) is 37.2 Å². The standard InChI is InChI=1S/C23H24N4O5/c1-26(2)12-13-7-8-15(18(11-13)32-3)24-16-6-4-5-14-20(16)23(31)27(22(14)30)17-9-10-19(28)25-21(17)29/h4-8,11,17,24H,9-10,12H2,1-3H3,(H,25,28,29). The molecule has 32 heavy (non-hydrogen) atoms. The number of nitrogens with one attached hydrogen (secondary N) is 2. The zero-order valence-corrected chi connectivity index (χ0v) is 18.1. The molecule has 4 rings (SSSR count). The van der Waals surface area contributed by atoms with E-state index in [0.717, 1.165) is 17.0 Å². The van der Waals surface area contributed by atoms with Crippen molar-refractivity contribution in [2.24, 2.45) is 0 Å². The van der Waals surface area contributed by atoms with Gasteiger partial charge in [0.1, 0.15) is 11.8 Å². The van der Waals surface area contributed by atoms with Crippen LogP contribution < -0.4 is 15.4 Å². The highest BCUT2D eigenvalue weighted by Crippen LogP contribution is 2.36. The van der Waals surface area contributed by atoms with E-state index in [0.29, 0.717) is 17.1 Å². The maximum absolute atomic E-state index is 13.2. The molecule has 1 fully saturated rings. The molecule has 2 aromatic rings. The monoisotopic (exact) mass is 436 g/mol. The first-order valence-electron chi connectivity index (χ1n) is 10.2. The summed E-state index contributed by atoms with van der Waals surface area (Å²) in [6, 6.07) is 9.65. The lowest BCUT2D eigenvalue weighted by atomic mass is 10.0. The average molecular weight is 436 g/mol. The molecular weight excluding hydrogens is 412 g/mol. The van der Waals surface area contributed by atoms with Crippen LogP contribution in [0.4, 0.5) is 11.4 Å². The fourth-order valence-electron chi connectivity index (χ4n) is 4.07. The number of carbonyl (C=O) groups is 4. The first-order valence-corrected chi connectivity index (χ1v) is 10.2. The van der Waals surface area contributed by atoms with Crippen molar-refractivity contribution in [3.8, 4) is 5.75 Å². The fourth-order valence-corrected chi connectivity index (χ4v) is 4.07. The summed E-state index contributed by atoms with van der Waals surface area (Å²) < 4.78 is 5.52. The van der Waals surface area contributed by atoms with Crippen LogP contribution in [0.25, 0.3) is 0 Å². The third kappa shape index (κ3) is 3.82. The number of hydrogen-bond acceptors (Lipinski definition) is 7. The number of methoxy groups -OCH3 is 1. The number of anilines is 2. The van der Waals surface area contributed by atoms with E-state index in [9.17, 15) is 19.2 Å². The van der Waals surface area contributed by atoms with Crippen molar-refractivity contribution in [1.82, 2.24) is 15.1 Å². The molecule has 0 saturated carbocycles. The van der Waals surface area contributed by atoms with Crippen LogP contribution >= 0.6 is 0 Å². The van der Waals surface area contributed by atoms with Crippen molar-refractivity contribution in [2.45, 2.75) is 25.4 Å². The van der Waals surface area contributed by atoms with Crippen LogP contribution in [0.3, 0.4) is 0 Å². The second-order valence-corrected chi connectivity index (χ2v) is 8.07. The molecule has 2 aliphatic rings. The molecule has 9 heteroatoms. The van der Waals surface area contributed by atoms with Gasteiger partial charge in [-0.25, -0.2) is 0 Å². The van der Waals surface area contributed by atoms with Gasteiger partial charge in [0.25, 0.3) is 11.8 Å². The molecule has 1 saturated heterocycles. The van der Waals surface area contributed by atoms with E-state index >= 15 is 0 Å². The highest BCUT2D eigenvalue weighted by atomic mass is 16.5. The molecule has 0 aromatic heterocycles. The zero-order valence-electron chi connectivity index (χ0n) is 18.1. The van der Waals surface area contributed by atoms with Gasteiger partial charge < -0.3 is 15.0 Å². The molecule has 0 bridgehead atoms. The molecule has 2 aromatic carbocycles. The Morgan fingerprint density at radius 1 is 1.09 bits per heavy atom. The summed E-state index contributed by atoms with van der Waals surface area (Å²) in [5.74, 6) is -1.55. The maximum atomic E-state index is 13.2. The summed E-state index contributed by atoms with van der Waals surface area (Å²) in [5, 5.41) is 5.41. The van der Waals surface area contributed by atoms with Crippen molar-refractivity contribution in [3.63, 3.8) is 0 Å². The second-order valence-electron chi connectivity index (χ2n) is 8.07. The molecule has 9 nitrogen and oxygen atoms in total. The van der Waals surface area contributed by atoms with Gasteiger partial charge in [-0.05, 0) is 50.3 Å². The van der Waals surface area contributed by atoms with Gasteiger partial charge in [-0.2, -0.15) is 0 Å². The van der Waals surface area contributed by atoms with Crippen LogP contribution in [0, 0.1) is 0 Å². The van der Waals surface area contributed by atoms with Crippen molar-refractivity contribution in [2.75, 3.05) is 26.5 Å². The number of ether oxygens (including phenoxy) is 1. The Balaban J connectivity index is 1.66. The van der Waals surface area contributed by atoms with E-state index < -0.39 is 29.7 Å². The first-order chi connectivity index (χ1) is 15.3. The molecule has 0 radical (unpaired) electrons. The predicted molar refractivity (Wildman–Crippen MR) is 117 cm³/mol. The number of carbonyl (C=O) groups excluding carboxylic acids is 4. The third-order valence-electron chi connectivity index (χ3n) is 5.50. The number of hydrogen-bond donors (Lipinski definition) is 2. The van der Waals surface area contributed by atoms with Crippen LogP contribution in [0.5, 0.6) is 5.75 Å². The highest BCUT2D eigenvalue weighted by Gasteiger charge is 2.45. The smallest absolute Gasteiger partial charge is 0.264 e. The van der Waals surface area contributed by atoms with E-state index in [4.69, 9.17) is 4.74 Å². The van der Waals surface area contributed by atoms with Crippen LogP contribution in [0.15, 0.2) is 36.4 Å². The topological polar surface area (TPSA) is 108 Å². The number of benzene rings is 2. The van der Waals surface area contributed by atoms with E-state index in [2.05, 4.69) is 10.6 Å². The molecule has 0 spiro atoms. The molecule has 0 aliphatic carbocycles. The van der Waals surface area contributed by atoms with Crippen molar-refractivity contribution < 1.29 is 23.9 Å². The van der Waals surface area contributed by atoms with Gasteiger partial charge in [0, 0.05) is 13.0 Å². The third-order valence-corrected chi connectivity index (χ3v) is 5.50. The fraction of sp³-hybridized carbons (Fsp3) is 0.304. The Morgan fingerprint density at radius 2 is 1.88 bits per heavy atom. The van der Waals surface area contributed by atoms with Gasteiger partial charge in [-0.1, -0.05) is 12.1 Å². The lowest BCUT2D eigenvalue weighted by Gasteiger charge is -2.27. The summed E-state index contributed by atoms with van der Waals surface area (Å²) >= 11 is 0. The normalized spacial score (nSPS) is 18.1. The largest absolute Gasteiger partial charge is 0.495 e. The molecule has 1 atom stereocenters. The van der Waals surface area contributed by atoms with Crippen LogP contribution in [-0.2, 0) is 16.1 Å². The molecule has 2 aliphatic heterocycles. The maximum Gasteiger partial charge on any atom is 0.264 e. The van der Waals surface area contributed by atoms with Crippen molar-refractivity contribution in [1.29, 1.82) is 0 Å². The summed E-state index contributed by atoms with van der Waals surface area (Å²) in [7, 11) is 5.51. The SMILES string of the molecule is COc1cc(CN(C)C)ccc1Nc1cccc2c1C(=O)N(C1CCC(=O)NC1=O)C2=O. The van der Waals surface area contributed by atoms with Crippen molar-refractivity contribution in [3.05, 3.63) is 53.1 Å². The lowest BCUT2D eigenvalue weighted by Crippen LogP contribution is -2.54. The average Bonchev–Trinajstić information content (AvgIpc) is 3.00. The van der Waals surface area contributed by atoms with Gasteiger partial charge >= 0.3 is 0 Å². The number of nitrogens with zero attached hydrogens (tertiary/aromatic N) is 2. The minimum Gasteiger partial charge on any atom is -0.495 e. The zero-order chi connectivity index (χ0) is 23.0. The molecule has 4 amide bonds. The first kappa shape index (κ1) is 21.5. The Morgan fingerprint density at radius 3 is 2.56 bits per heavy atom. The minimum atomic E-state index is -1.01. The number of fused-ring (bicyclic) bond motifs is 1. The molecular formula is C23H24N4O5. The minimum absolute atomic E-state index is 0.0748. The molecule has 2 heterocycles. The Hall–Kier alpha value is -3.72. The number of amides is 4. The van der Waals surface area contributed by atoms with Crippen molar-refractivity contribution >= 4 is 35.0 Å². The van der Waals surface area contributed by atoms with E-state index in [1.165, 1.54) is 0 Å². The van der Waals surface area contributed by atoms with Crippen LogP contribution in [-0.4, -0.2) is 60.7 Å². The molecule has 2 N–H and O–H groups in total. The molecule has 166 valence electrons. The Kier molecular flexibility index (Phi) is 5.67. The number of rotatable bonds is 6. The van der Waals surface area contributed by atoms with Gasteiger partial charge in [-0.15, -0.1) is 0 Å². The summed E-state index contributed by atoms with van der Waals surface area (Å²) in [6.45, 7) is 0.741.